The first kappa shape index (κ1) is 27.0. The molecule has 1 atom stereocenters. The number of rotatable bonds is 11. The standard InChI is InChI=1S/C29H37N3O4/c1-7-18-36-24-15-12-22(19-20(24)4)27(33)25-26(21-10-13-23(14-11-21)30(5)6)32(29(35)28(25)34)17-16-31(8-2)9-3/h7,10-15,19,26,33H,1,8-9,16-18H2,2-6H3/b27-25+. The van der Waals surface area contributed by atoms with Crippen LogP contribution in [-0.2, 0) is 9.59 Å². The van der Waals surface area contributed by atoms with Crippen LogP contribution in [0.5, 0.6) is 5.75 Å². The molecule has 0 radical (unpaired) electrons. The summed E-state index contributed by atoms with van der Waals surface area (Å²) in [6.45, 7) is 12.8. The fourth-order valence-electron chi connectivity index (χ4n) is 4.46. The van der Waals surface area contributed by atoms with E-state index in [2.05, 4.69) is 25.3 Å². The molecule has 0 aromatic heterocycles. The predicted molar refractivity (Wildman–Crippen MR) is 144 cm³/mol. The Morgan fingerprint density at radius 2 is 1.78 bits per heavy atom. The van der Waals surface area contributed by atoms with Crippen LogP contribution in [0.1, 0.15) is 36.6 Å². The number of benzene rings is 2. The highest BCUT2D eigenvalue weighted by molar-refractivity contribution is 6.46. The maximum atomic E-state index is 13.3. The molecule has 1 heterocycles. The lowest BCUT2D eigenvalue weighted by molar-refractivity contribution is -0.140. The molecule has 1 N–H and O–H groups in total. The van der Waals surface area contributed by atoms with Crippen LogP contribution in [-0.4, -0.2) is 73.5 Å². The normalized spacial score (nSPS) is 17.1. The van der Waals surface area contributed by atoms with Crippen molar-refractivity contribution >= 4 is 23.1 Å². The first-order valence-electron chi connectivity index (χ1n) is 12.4. The molecule has 1 saturated heterocycles. The van der Waals surface area contributed by atoms with Crippen LogP contribution >= 0.6 is 0 Å². The van der Waals surface area contributed by atoms with Gasteiger partial charge in [-0.1, -0.05) is 38.6 Å². The van der Waals surface area contributed by atoms with Crippen molar-refractivity contribution in [1.82, 2.24) is 9.80 Å². The molecule has 1 aliphatic rings. The quantitative estimate of drug-likeness (QED) is 0.218. The van der Waals surface area contributed by atoms with Crippen LogP contribution in [0, 0.1) is 6.92 Å². The number of ether oxygens (including phenoxy) is 1. The highest BCUT2D eigenvalue weighted by Crippen LogP contribution is 2.40. The van der Waals surface area contributed by atoms with Crippen LogP contribution in [0.3, 0.4) is 0 Å². The van der Waals surface area contributed by atoms with Crippen molar-refractivity contribution in [2.75, 3.05) is 51.8 Å². The van der Waals surface area contributed by atoms with Gasteiger partial charge in [0.15, 0.2) is 0 Å². The predicted octanol–water partition coefficient (Wildman–Crippen LogP) is 4.39. The van der Waals surface area contributed by atoms with Crippen molar-refractivity contribution in [2.24, 2.45) is 0 Å². The molecule has 192 valence electrons. The molecule has 36 heavy (non-hydrogen) atoms. The molecule has 1 fully saturated rings. The minimum absolute atomic E-state index is 0.108. The Hall–Kier alpha value is -3.58. The maximum Gasteiger partial charge on any atom is 0.295 e. The Labute approximate surface area is 214 Å². The summed E-state index contributed by atoms with van der Waals surface area (Å²) >= 11 is 0. The smallest absolute Gasteiger partial charge is 0.295 e. The van der Waals surface area contributed by atoms with E-state index in [0.29, 0.717) is 31.0 Å². The monoisotopic (exact) mass is 491 g/mol. The van der Waals surface area contributed by atoms with Crippen molar-refractivity contribution in [3.8, 4) is 5.75 Å². The van der Waals surface area contributed by atoms with Gasteiger partial charge in [0.2, 0.25) is 0 Å². The fraction of sp³-hybridized carbons (Fsp3) is 0.379. The van der Waals surface area contributed by atoms with E-state index < -0.39 is 17.7 Å². The third-order valence-corrected chi connectivity index (χ3v) is 6.62. The Bertz CT molecular complexity index is 1130. The number of Topliss-reactive ketones (excluding diaryl/α,β-unsaturated/α-hetero) is 1. The number of aliphatic hydroxyl groups excluding tert-OH is 1. The molecule has 1 aliphatic heterocycles. The molecular weight excluding hydrogens is 454 g/mol. The van der Waals surface area contributed by atoms with Crippen LogP contribution in [0.4, 0.5) is 5.69 Å². The zero-order chi connectivity index (χ0) is 26.4. The molecule has 2 aromatic rings. The number of likely N-dealkylation sites (N-methyl/N-ethyl adjacent to an activating group) is 1. The topological polar surface area (TPSA) is 73.3 Å². The van der Waals surface area contributed by atoms with Gasteiger partial charge in [-0.05, 0) is 61.5 Å². The number of nitrogens with zero attached hydrogens (tertiary/aromatic N) is 3. The fourth-order valence-corrected chi connectivity index (χ4v) is 4.46. The molecule has 7 heteroatoms. The molecule has 1 amide bonds. The van der Waals surface area contributed by atoms with E-state index in [-0.39, 0.29) is 11.3 Å². The lowest BCUT2D eigenvalue weighted by Gasteiger charge is -2.28. The number of carbonyl (C=O) groups excluding carboxylic acids is 2. The largest absolute Gasteiger partial charge is 0.507 e. The summed E-state index contributed by atoms with van der Waals surface area (Å²) < 4.78 is 5.64. The Morgan fingerprint density at radius 3 is 2.33 bits per heavy atom. The molecule has 3 rings (SSSR count). The molecule has 0 bridgehead atoms. The van der Waals surface area contributed by atoms with E-state index in [1.54, 1.807) is 29.2 Å². The number of ketones is 1. The van der Waals surface area contributed by atoms with Gasteiger partial charge in [0.25, 0.3) is 11.7 Å². The van der Waals surface area contributed by atoms with Gasteiger partial charge in [0.05, 0.1) is 11.6 Å². The number of aliphatic hydroxyl groups is 1. The van der Waals surface area contributed by atoms with Crippen molar-refractivity contribution < 1.29 is 19.4 Å². The first-order valence-corrected chi connectivity index (χ1v) is 12.4. The molecule has 0 aliphatic carbocycles. The maximum absolute atomic E-state index is 13.3. The molecule has 1 unspecified atom stereocenters. The molecule has 0 spiro atoms. The van der Waals surface area contributed by atoms with E-state index >= 15 is 0 Å². The minimum atomic E-state index is -0.672. The number of hydrogen-bond acceptors (Lipinski definition) is 6. The number of carbonyl (C=O) groups is 2. The van der Waals surface area contributed by atoms with Gasteiger partial charge in [-0.2, -0.15) is 0 Å². The number of hydrogen-bond donors (Lipinski definition) is 1. The zero-order valence-electron chi connectivity index (χ0n) is 22.0. The van der Waals surface area contributed by atoms with Crippen LogP contribution in [0.25, 0.3) is 5.76 Å². The number of aryl methyl sites for hydroxylation is 1. The average Bonchev–Trinajstić information content (AvgIpc) is 3.13. The second-order valence-electron chi connectivity index (χ2n) is 9.09. The summed E-state index contributed by atoms with van der Waals surface area (Å²) in [5.74, 6) is -0.771. The average molecular weight is 492 g/mol. The van der Waals surface area contributed by atoms with Crippen LogP contribution in [0.15, 0.2) is 60.7 Å². The van der Waals surface area contributed by atoms with E-state index in [1.165, 1.54) is 0 Å². The minimum Gasteiger partial charge on any atom is -0.507 e. The number of anilines is 1. The highest BCUT2D eigenvalue weighted by atomic mass is 16.5. The SMILES string of the molecule is C=CCOc1ccc(/C(O)=C2\C(=O)C(=O)N(CCN(CC)CC)C2c2ccc(N(C)C)cc2)cc1C. The van der Waals surface area contributed by atoms with Gasteiger partial charge in [-0.25, -0.2) is 0 Å². The van der Waals surface area contributed by atoms with Crippen LogP contribution in [0.2, 0.25) is 0 Å². The summed E-state index contributed by atoms with van der Waals surface area (Å²) in [6, 6.07) is 12.3. The summed E-state index contributed by atoms with van der Waals surface area (Å²) in [4.78, 5) is 32.3. The van der Waals surface area contributed by atoms with Crippen molar-refractivity contribution in [3.05, 3.63) is 77.4 Å². The van der Waals surface area contributed by atoms with Crippen LogP contribution < -0.4 is 9.64 Å². The third-order valence-electron chi connectivity index (χ3n) is 6.62. The van der Waals surface area contributed by atoms with E-state index in [4.69, 9.17) is 4.74 Å². The van der Waals surface area contributed by atoms with E-state index in [9.17, 15) is 14.7 Å². The first-order chi connectivity index (χ1) is 17.2. The highest BCUT2D eigenvalue weighted by Gasteiger charge is 2.46. The van der Waals surface area contributed by atoms with E-state index in [0.717, 1.165) is 29.9 Å². The Morgan fingerprint density at radius 1 is 1.11 bits per heavy atom. The van der Waals surface area contributed by atoms with Crippen molar-refractivity contribution in [1.29, 1.82) is 0 Å². The van der Waals surface area contributed by atoms with Crippen molar-refractivity contribution in [2.45, 2.75) is 26.8 Å². The Kier molecular flexibility index (Phi) is 8.93. The van der Waals surface area contributed by atoms with Gasteiger partial charge in [0, 0.05) is 38.4 Å². The molecular formula is C29H37N3O4. The lowest BCUT2D eigenvalue weighted by atomic mass is 9.94. The summed E-state index contributed by atoms with van der Waals surface area (Å²) in [5, 5.41) is 11.4. The number of amides is 1. The third kappa shape index (κ3) is 5.62. The van der Waals surface area contributed by atoms with Gasteiger partial charge < -0.3 is 24.5 Å². The summed E-state index contributed by atoms with van der Waals surface area (Å²) in [6.07, 6.45) is 1.66. The van der Waals surface area contributed by atoms with Gasteiger partial charge in [-0.3, -0.25) is 9.59 Å². The van der Waals surface area contributed by atoms with Gasteiger partial charge in [-0.15, -0.1) is 0 Å². The zero-order valence-corrected chi connectivity index (χ0v) is 22.0. The number of likely N-dealkylation sites (tertiary alicyclic amines) is 1. The summed E-state index contributed by atoms with van der Waals surface area (Å²) in [5.41, 5.74) is 3.17. The Balaban J connectivity index is 2.08. The van der Waals surface area contributed by atoms with Crippen molar-refractivity contribution in [3.63, 3.8) is 0 Å². The molecule has 2 aromatic carbocycles. The second-order valence-corrected chi connectivity index (χ2v) is 9.09. The summed E-state index contributed by atoms with van der Waals surface area (Å²) in [7, 11) is 3.91. The van der Waals surface area contributed by atoms with E-state index in [1.807, 2.05) is 50.2 Å². The van der Waals surface area contributed by atoms with Gasteiger partial charge in [0.1, 0.15) is 18.1 Å². The molecule has 0 saturated carbocycles. The lowest BCUT2D eigenvalue weighted by Crippen LogP contribution is -2.38. The molecule has 7 nitrogen and oxygen atoms in total. The second kappa shape index (κ2) is 11.9. The van der Waals surface area contributed by atoms with Gasteiger partial charge >= 0.3 is 0 Å².